The summed E-state index contributed by atoms with van der Waals surface area (Å²) in [4.78, 5) is 0. The third-order valence-electron chi connectivity index (χ3n) is 2.23. The van der Waals surface area contributed by atoms with Crippen molar-refractivity contribution in [3.05, 3.63) is 22.7 Å². The van der Waals surface area contributed by atoms with Gasteiger partial charge in [0, 0.05) is 17.0 Å². The Labute approximate surface area is 87.4 Å². The Morgan fingerprint density at radius 2 is 2.14 bits per heavy atom. The lowest BCUT2D eigenvalue weighted by Gasteiger charge is -2.09. The summed E-state index contributed by atoms with van der Waals surface area (Å²) < 4.78 is 2.09. The summed E-state index contributed by atoms with van der Waals surface area (Å²) in [5.74, 6) is 0.971. The highest BCUT2D eigenvalue weighted by Crippen LogP contribution is 2.26. The van der Waals surface area contributed by atoms with Crippen molar-refractivity contribution in [1.29, 1.82) is 0 Å². The molecule has 0 saturated heterocycles. The summed E-state index contributed by atoms with van der Waals surface area (Å²) in [6.45, 7) is 6.37. The molecule has 2 aromatic heterocycles. The quantitative estimate of drug-likeness (QED) is 0.758. The van der Waals surface area contributed by atoms with Gasteiger partial charge in [-0.3, -0.25) is 0 Å². The summed E-state index contributed by atoms with van der Waals surface area (Å²) >= 11 is 1.70. The largest absolute Gasteiger partial charge is 0.311 e. The van der Waals surface area contributed by atoms with Crippen molar-refractivity contribution in [3.8, 4) is 11.4 Å². The Morgan fingerprint density at radius 3 is 2.71 bits per heavy atom. The maximum Gasteiger partial charge on any atom is 0.165 e. The fraction of sp³-hybridized carbons (Fsp3) is 0.400. The second kappa shape index (κ2) is 3.53. The summed E-state index contributed by atoms with van der Waals surface area (Å²) in [6, 6.07) is 0.402. The predicted octanol–water partition coefficient (Wildman–Crippen LogP) is 2.90. The van der Waals surface area contributed by atoms with Crippen LogP contribution in [-0.4, -0.2) is 14.8 Å². The van der Waals surface area contributed by atoms with E-state index in [1.807, 2.05) is 0 Å². The Bertz CT molecular complexity index is 428. The molecule has 4 heteroatoms. The first-order chi connectivity index (χ1) is 6.70. The molecule has 3 nitrogen and oxygen atoms in total. The van der Waals surface area contributed by atoms with Crippen LogP contribution in [0.2, 0.25) is 0 Å². The van der Waals surface area contributed by atoms with Gasteiger partial charge in [-0.25, -0.2) is 0 Å². The van der Waals surface area contributed by atoms with Crippen LogP contribution in [-0.2, 0) is 0 Å². The molecule has 0 amide bonds. The van der Waals surface area contributed by atoms with Crippen LogP contribution >= 0.6 is 11.3 Å². The van der Waals surface area contributed by atoms with Gasteiger partial charge in [0.05, 0.1) is 0 Å². The van der Waals surface area contributed by atoms with E-state index in [1.165, 1.54) is 11.1 Å². The Morgan fingerprint density at radius 1 is 1.36 bits per heavy atom. The molecule has 0 fully saturated rings. The fourth-order valence-corrected chi connectivity index (χ4v) is 2.23. The summed E-state index contributed by atoms with van der Waals surface area (Å²) in [5, 5.41) is 12.4. The first-order valence-corrected chi connectivity index (χ1v) is 5.57. The highest BCUT2D eigenvalue weighted by atomic mass is 32.1. The number of hydrogen-bond acceptors (Lipinski definition) is 3. The van der Waals surface area contributed by atoms with Gasteiger partial charge in [-0.1, -0.05) is 0 Å². The number of rotatable bonds is 2. The smallest absolute Gasteiger partial charge is 0.165 e. The Hall–Kier alpha value is -1.16. The normalized spacial score (nSPS) is 11.1. The third-order valence-corrected chi connectivity index (χ3v) is 3.09. The van der Waals surface area contributed by atoms with Gasteiger partial charge in [0.2, 0.25) is 0 Å². The van der Waals surface area contributed by atoms with Gasteiger partial charge in [0.1, 0.15) is 6.33 Å². The monoisotopic (exact) mass is 207 g/mol. The zero-order chi connectivity index (χ0) is 10.1. The first-order valence-electron chi connectivity index (χ1n) is 4.63. The Balaban J connectivity index is 2.52. The number of nitrogens with zero attached hydrogens (tertiary/aromatic N) is 3. The molecule has 0 N–H and O–H groups in total. The highest BCUT2D eigenvalue weighted by molar-refractivity contribution is 7.08. The maximum atomic E-state index is 4.16. The van der Waals surface area contributed by atoms with Crippen molar-refractivity contribution >= 4 is 11.3 Å². The minimum absolute atomic E-state index is 0.402. The minimum Gasteiger partial charge on any atom is -0.311 e. The van der Waals surface area contributed by atoms with Crippen LogP contribution in [0.4, 0.5) is 0 Å². The molecule has 0 aliphatic rings. The molecule has 0 spiro atoms. The fourth-order valence-electron chi connectivity index (χ4n) is 1.40. The molecule has 0 aliphatic carbocycles. The van der Waals surface area contributed by atoms with E-state index >= 15 is 0 Å². The molecular weight excluding hydrogens is 194 g/mol. The highest BCUT2D eigenvalue weighted by Gasteiger charge is 2.11. The van der Waals surface area contributed by atoms with Gasteiger partial charge in [-0.2, -0.15) is 11.3 Å². The summed E-state index contributed by atoms with van der Waals surface area (Å²) in [7, 11) is 0. The second-order valence-corrected chi connectivity index (χ2v) is 4.37. The van der Waals surface area contributed by atoms with Crippen molar-refractivity contribution in [3.63, 3.8) is 0 Å². The molecule has 2 heterocycles. The van der Waals surface area contributed by atoms with E-state index in [4.69, 9.17) is 0 Å². The number of hydrogen-bond donors (Lipinski definition) is 0. The van der Waals surface area contributed by atoms with Gasteiger partial charge >= 0.3 is 0 Å². The molecule has 0 unspecified atom stereocenters. The van der Waals surface area contributed by atoms with Crippen LogP contribution in [0.15, 0.2) is 17.1 Å². The van der Waals surface area contributed by atoms with Crippen LogP contribution in [0.5, 0.6) is 0 Å². The van der Waals surface area contributed by atoms with E-state index in [0.29, 0.717) is 6.04 Å². The van der Waals surface area contributed by atoms with E-state index in [-0.39, 0.29) is 0 Å². The lowest BCUT2D eigenvalue weighted by molar-refractivity contribution is 0.604. The average Bonchev–Trinajstić information content (AvgIpc) is 2.70. The van der Waals surface area contributed by atoms with Crippen LogP contribution in [0.3, 0.4) is 0 Å². The zero-order valence-corrected chi connectivity index (χ0v) is 9.38. The zero-order valence-electron chi connectivity index (χ0n) is 8.56. The molecule has 14 heavy (non-hydrogen) atoms. The van der Waals surface area contributed by atoms with E-state index in [0.717, 1.165) is 5.82 Å². The number of aromatic nitrogens is 3. The molecule has 0 aromatic carbocycles. The van der Waals surface area contributed by atoms with Gasteiger partial charge in [-0.05, 0) is 31.7 Å². The minimum atomic E-state index is 0.402. The van der Waals surface area contributed by atoms with Crippen LogP contribution < -0.4 is 0 Å². The molecule has 0 radical (unpaired) electrons. The lowest BCUT2D eigenvalue weighted by atomic mass is 10.2. The Kier molecular flexibility index (Phi) is 2.37. The predicted molar refractivity (Wildman–Crippen MR) is 58.5 cm³/mol. The van der Waals surface area contributed by atoms with Gasteiger partial charge in [0.25, 0.3) is 0 Å². The molecule has 0 aliphatic heterocycles. The first kappa shape index (κ1) is 9.40. The second-order valence-electron chi connectivity index (χ2n) is 3.62. The number of aryl methyl sites for hydroxylation is 1. The molecule has 0 bridgehead atoms. The van der Waals surface area contributed by atoms with Gasteiger partial charge < -0.3 is 4.57 Å². The van der Waals surface area contributed by atoms with E-state index < -0.39 is 0 Å². The standard InChI is InChI=1S/C10H13N3S/c1-7(2)13-6-11-12-10(13)9-5-14-4-8(9)3/h4-7H,1-3H3. The van der Waals surface area contributed by atoms with Crippen LogP contribution in [0.25, 0.3) is 11.4 Å². The van der Waals surface area contributed by atoms with Crippen molar-refractivity contribution in [2.24, 2.45) is 0 Å². The maximum absolute atomic E-state index is 4.16. The topological polar surface area (TPSA) is 30.7 Å². The number of thiophene rings is 1. The van der Waals surface area contributed by atoms with Crippen molar-refractivity contribution < 1.29 is 0 Å². The van der Waals surface area contributed by atoms with E-state index in [1.54, 1.807) is 17.7 Å². The van der Waals surface area contributed by atoms with E-state index in [9.17, 15) is 0 Å². The van der Waals surface area contributed by atoms with Gasteiger partial charge in [0.15, 0.2) is 5.82 Å². The molecule has 0 saturated carbocycles. The molecular formula is C10H13N3S. The van der Waals surface area contributed by atoms with E-state index in [2.05, 4.69) is 46.3 Å². The van der Waals surface area contributed by atoms with Crippen LogP contribution in [0.1, 0.15) is 25.5 Å². The SMILES string of the molecule is Cc1cscc1-c1nncn1C(C)C. The van der Waals surface area contributed by atoms with Crippen molar-refractivity contribution in [2.45, 2.75) is 26.8 Å². The van der Waals surface area contributed by atoms with Crippen molar-refractivity contribution in [1.82, 2.24) is 14.8 Å². The van der Waals surface area contributed by atoms with Crippen molar-refractivity contribution in [2.75, 3.05) is 0 Å². The molecule has 2 aromatic rings. The average molecular weight is 207 g/mol. The molecule has 0 atom stereocenters. The summed E-state index contributed by atoms with van der Waals surface area (Å²) in [5.41, 5.74) is 2.46. The van der Waals surface area contributed by atoms with Gasteiger partial charge in [-0.15, -0.1) is 10.2 Å². The molecule has 74 valence electrons. The third kappa shape index (κ3) is 1.46. The summed E-state index contributed by atoms with van der Waals surface area (Å²) in [6.07, 6.45) is 1.79. The van der Waals surface area contributed by atoms with Crippen LogP contribution in [0, 0.1) is 6.92 Å². The molecule has 2 rings (SSSR count). The lowest BCUT2D eigenvalue weighted by Crippen LogP contribution is -2.01.